The molecule has 3 rings (SSSR count). The van der Waals surface area contributed by atoms with Crippen molar-refractivity contribution >= 4 is 17.3 Å². The zero-order valence-electron chi connectivity index (χ0n) is 11.4. The summed E-state index contributed by atoms with van der Waals surface area (Å²) in [5.74, 6) is 1.02. The normalized spacial score (nSPS) is 14.5. The highest BCUT2D eigenvalue weighted by Gasteiger charge is 2.16. The molecule has 0 saturated carbocycles. The van der Waals surface area contributed by atoms with Crippen LogP contribution >= 0.6 is 11.6 Å². The first-order valence-corrected chi connectivity index (χ1v) is 7.28. The molecular weight excluding hydrogens is 272 g/mol. The van der Waals surface area contributed by atoms with Crippen LogP contribution in [0.4, 0.5) is 5.69 Å². The molecular formula is C16H17ClN2O. The van der Waals surface area contributed by atoms with E-state index in [2.05, 4.69) is 35.4 Å². The molecule has 1 aromatic heterocycles. The molecule has 2 heterocycles. The Kier molecular flexibility index (Phi) is 3.79. The van der Waals surface area contributed by atoms with E-state index in [1.54, 1.807) is 6.20 Å². The van der Waals surface area contributed by atoms with Crippen LogP contribution in [0, 0.1) is 0 Å². The largest absolute Gasteiger partial charge is 0.493 e. The highest BCUT2D eigenvalue weighted by atomic mass is 35.5. The Morgan fingerprint density at radius 1 is 1.40 bits per heavy atom. The molecule has 1 aromatic carbocycles. The van der Waals surface area contributed by atoms with Crippen molar-refractivity contribution in [1.82, 2.24) is 4.98 Å². The van der Waals surface area contributed by atoms with Gasteiger partial charge in [0.15, 0.2) is 5.15 Å². The molecule has 1 unspecified atom stereocenters. The number of halogens is 1. The number of hydrogen-bond acceptors (Lipinski definition) is 3. The number of rotatable bonds is 4. The van der Waals surface area contributed by atoms with E-state index in [9.17, 15) is 0 Å². The SMILES string of the molecule is CCC(Nc1cccnc1Cl)c1ccc2c(c1)CCO2. The third-order valence-electron chi connectivity index (χ3n) is 3.61. The van der Waals surface area contributed by atoms with Gasteiger partial charge in [-0.3, -0.25) is 0 Å². The Morgan fingerprint density at radius 3 is 3.10 bits per heavy atom. The van der Waals surface area contributed by atoms with Crippen molar-refractivity contribution in [3.05, 3.63) is 52.8 Å². The monoisotopic (exact) mass is 288 g/mol. The molecule has 20 heavy (non-hydrogen) atoms. The summed E-state index contributed by atoms with van der Waals surface area (Å²) in [6.45, 7) is 2.95. The summed E-state index contributed by atoms with van der Waals surface area (Å²) >= 11 is 6.11. The number of benzene rings is 1. The van der Waals surface area contributed by atoms with Crippen molar-refractivity contribution in [1.29, 1.82) is 0 Å². The van der Waals surface area contributed by atoms with Crippen LogP contribution in [0.15, 0.2) is 36.5 Å². The molecule has 0 saturated heterocycles. The van der Waals surface area contributed by atoms with E-state index in [0.717, 1.165) is 30.9 Å². The van der Waals surface area contributed by atoms with Crippen LogP contribution in [-0.2, 0) is 6.42 Å². The van der Waals surface area contributed by atoms with E-state index in [0.29, 0.717) is 5.15 Å². The summed E-state index contributed by atoms with van der Waals surface area (Å²) in [6.07, 6.45) is 3.67. The van der Waals surface area contributed by atoms with Crippen molar-refractivity contribution in [2.75, 3.05) is 11.9 Å². The van der Waals surface area contributed by atoms with Gasteiger partial charge in [0.25, 0.3) is 0 Å². The second kappa shape index (κ2) is 5.71. The average Bonchev–Trinajstić information content (AvgIpc) is 2.94. The molecule has 104 valence electrons. The standard InChI is InChI=1S/C16H17ClN2O/c1-2-13(19-14-4-3-8-18-16(14)17)11-5-6-15-12(10-11)7-9-20-15/h3-6,8,10,13,19H,2,7,9H2,1H3. The first-order chi connectivity index (χ1) is 9.78. The van der Waals surface area contributed by atoms with E-state index in [4.69, 9.17) is 16.3 Å². The quantitative estimate of drug-likeness (QED) is 0.855. The summed E-state index contributed by atoms with van der Waals surface area (Å²) in [5, 5.41) is 3.98. The Balaban J connectivity index is 1.85. The number of aromatic nitrogens is 1. The Bertz CT molecular complexity index is 615. The molecule has 0 bridgehead atoms. The maximum atomic E-state index is 6.11. The predicted octanol–water partition coefficient (Wildman–Crippen LogP) is 4.23. The van der Waals surface area contributed by atoms with Crippen LogP contribution in [0.25, 0.3) is 0 Å². The number of nitrogens with one attached hydrogen (secondary N) is 1. The number of fused-ring (bicyclic) bond motifs is 1. The summed E-state index contributed by atoms with van der Waals surface area (Å²) < 4.78 is 5.55. The lowest BCUT2D eigenvalue weighted by molar-refractivity contribution is 0.357. The predicted molar refractivity (Wildman–Crippen MR) is 81.5 cm³/mol. The van der Waals surface area contributed by atoms with Crippen LogP contribution in [0.1, 0.15) is 30.5 Å². The molecule has 3 nitrogen and oxygen atoms in total. The van der Waals surface area contributed by atoms with Crippen molar-refractivity contribution in [3.63, 3.8) is 0 Å². The molecule has 1 N–H and O–H groups in total. The maximum absolute atomic E-state index is 6.11. The number of hydrogen-bond donors (Lipinski definition) is 1. The zero-order valence-corrected chi connectivity index (χ0v) is 12.2. The fourth-order valence-electron chi connectivity index (χ4n) is 2.53. The first kappa shape index (κ1) is 13.3. The van der Waals surface area contributed by atoms with Crippen LogP contribution in [-0.4, -0.2) is 11.6 Å². The number of nitrogens with zero attached hydrogens (tertiary/aromatic N) is 1. The lowest BCUT2D eigenvalue weighted by atomic mass is 10.0. The molecule has 1 aliphatic heterocycles. The lowest BCUT2D eigenvalue weighted by Gasteiger charge is -2.20. The third-order valence-corrected chi connectivity index (χ3v) is 3.91. The van der Waals surface area contributed by atoms with Gasteiger partial charge >= 0.3 is 0 Å². The van der Waals surface area contributed by atoms with E-state index < -0.39 is 0 Å². The lowest BCUT2D eigenvalue weighted by Crippen LogP contribution is -2.10. The molecule has 0 aliphatic carbocycles. The van der Waals surface area contributed by atoms with Crippen LogP contribution in [0.5, 0.6) is 5.75 Å². The summed E-state index contributed by atoms with van der Waals surface area (Å²) in [4.78, 5) is 4.10. The number of ether oxygens (including phenoxy) is 1. The van der Waals surface area contributed by atoms with Gasteiger partial charge in [-0.15, -0.1) is 0 Å². The summed E-state index contributed by atoms with van der Waals surface area (Å²) in [7, 11) is 0. The minimum atomic E-state index is 0.225. The Hall–Kier alpha value is -1.74. The second-order valence-corrected chi connectivity index (χ2v) is 5.27. The van der Waals surface area contributed by atoms with E-state index in [1.165, 1.54) is 11.1 Å². The fourth-order valence-corrected chi connectivity index (χ4v) is 2.70. The summed E-state index contributed by atoms with van der Waals surface area (Å²) in [6, 6.07) is 10.5. The summed E-state index contributed by atoms with van der Waals surface area (Å²) in [5.41, 5.74) is 3.43. The van der Waals surface area contributed by atoms with Gasteiger partial charge in [-0.05, 0) is 41.8 Å². The van der Waals surface area contributed by atoms with Gasteiger partial charge < -0.3 is 10.1 Å². The average molecular weight is 289 g/mol. The second-order valence-electron chi connectivity index (χ2n) is 4.91. The van der Waals surface area contributed by atoms with Gasteiger partial charge in [-0.1, -0.05) is 24.6 Å². The molecule has 0 spiro atoms. The van der Waals surface area contributed by atoms with Crippen LogP contribution < -0.4 is 10.1 Å². The molecule has 2 aromatic rings. The molecule has 0 amide bonds. The molecule has 4 heteroatoms. The van der Waals surface area contributed by atoms with Gasteiger partial charge in [-0.2, -0.15) is 0 Å². The molecule has 0 fully saturated rings. The van der Waals surface area contributed by atoms with Gasteiger partial charge in [-0.25, -0.2) is 4.98 Å². The number of pyridine rings is 1. The van der Waals surface area contributed by atoms with Crippen molar-refractivity contribution < 1.29 is 4.74 Å². The smallest absolute Gasteiger partial charge is 0.152 e. The van der Waals surface area contributed by atoms with Gasteiger partial charge in [0, 0.05) is 12.6 Å². The minimum Gasteiger partial charge on any atom is -0.493 e. The number of anilines is 1. The maximum Gasteiger partial charge on any atom is 0.152 e. The zero-order chi connectivity index (χ0) is 13.9. The van der Waals surface area contributed by atoms with Gasteiger partial charge in [0.05, 0.1) is 18.3 Å². The molecule has 0 radical (unpaired) electrons. The fraction of sp³-hybridized carbons (Fsp3) is 0.312. The van der Waals surface area contributed by atoms with Crippen LogP contribution in [0.2, 0.25) is 5.15 Å². The molecule has 1 aliphatic rings. The van der Waals surface area contributed by atoms with E-state index in [-0.39, 0.29) is 6.04 Å². The highest BCUT2D eigenvalue weighted by Crippen LogP contribution is 2.31. The topological polar surface area (TPSA) is 34.2 Å². The van der Waals surface area contributed by atoms with Crippen molar-refractivity contribution in [2.24, 2.45) is 0 Å². The third kappa shape index (κ3) is 2.59. The van der Waals surface area contributed by atoms with Crippen LogP contribution in [0.3, 0.4) is 0 Å². The van der Waals surface area contributed by atoms with Crippen molar-refractivity contribution in [3.8, 4) is 5.75 Å². The van der Waals surface area contributed by atoms with Gasteiger partial charge in [0.1, 0.15) is 5.75 Å². The van der Waals surface area contributed by atoms with E-state index in [1.807, 2.05) is 12.1 Å². The van der Waals surface area contributed by atoms with Crippen molar-refractivity contribution in [2.45, 2.75) is 25.8 Å². The van der Waals surface area contributed by atoms with E-state index >= 15 is 0 Å². The Morgan fingerprint density at radius 2 is 2.30 bits per heavy atom. The first-order valence-electron chi connectivity index (χ1n) is 6.90. The Labute approximate surface area is 123 Å². The highest BCUT2D eigenvalue weighted by molar-refractivity contribution is 6.31. The molecule has 1 atom stereocenters. The van der Waals surface area contributed by atoms with Gasteiger partial charge in [0.2, 0.25) is 0 Å². The minimum absolute atomic E-state index is 0.225.